The number of carbonyl (C=O) groups excluding carboxylic acids is 1. The predicted molar refractivity (Wildman–Crippen MR) is 93.2 cm³/mol. The number of nitrogens with zero attached hydrogens (tertiary/aromatic N) is 4. The Labute approximate surface area is 149 Å². The van der Waals surface area contributed by atoms with Gasteiger partial charge in [0.1, 0.15) is 5.41 Å². The van der Waals surface area contributed by atoms with E-state index in [0.717, 1.165) is 32.5 Å². The molecule has 3 rings (SSSR count). The zero-order valence-corrected chi connectivity index (χ0v) is 14.6. The molecule has 0 bridgehead atoms. The van der Waals surface area contributed by atoms with Gasteiger partial charge in [-0.05, 0) is 49.3 Å². The molecule has 0 aromatic carbocycles. The van der Waals surface area contributed by atoms with E-state index >= 15 is 0 Å². The van der Waals surface area contributed by atoms with Crippen molar-refractivity contribution in [3.8, 4) is 6.07 Å². The number of amides is 1. The van der Waals surface area contributed by atoms with Crippen LogP contribution in [-0.2, 0) is 11.3 Å². The van der Waals surface area contributed by atoms with Crippen LogP contribution in [0.3, 0.4) is 0 Å². The van der Waals surface area contributed by atoms with Gasteiger partial charge in [-0.25, -0.2) is 0 Å². The van der Waals surface area contributed by atoms with E-state index in [1.54, 1.807) is 12.4 Å². The van der Waals surface area contributed by atoms with E-state index in [2.05, 4.69) is 16.0 Å². The van der Waals surface area contributed by atoms with Crippen LogP contribution in [0.4, 0.5) is 0 Å². The van der Waals surface area contributed by atoms with Crippen molar-refractivity contribution in [1.29, 1.82) is 5.26 Å². The number of aliphatic hydroxyl groups is 1. The SMILES string of the molecule is N#CC1(C(=O)N2CCC(CO)CC2)CCN(Cc2ccncc2)CC1. The number of carbonyl (C=O) groups is 1. The molecule has 2 aliphatic heterocycles. The molecule has 2 fully saturated rings. The molecule has 2 aliphatic rings. The third kappa shape index (κ3) is 4.00. The van der Waals surface area contributed by atoms with Gasteiger partial charge in [-0.1, -0.05) is 0 Å². The highest BCUT2D eigenvalue weighted by Crippen LogP contribution is 2.34. The third-order valence-corrected chi connectivity index (χ3v) is 5.65. The molecule has 1 N–H and O–H groups in total. The Balaban J connectivity index is 1.58. The van der Waals surface area contributed by atoms with Crippen LogP contribution >= 0.6 is 0 Å². The highest BCUT2D eigenvalue weighted by atomic mass is 16.3. The molecule has 25 heavy (non-hydrogen) atoms. The molecule has 0 aliphatic carbocycles. The summed E-state index contributed by atoms with van der Waals surface area (Å²) in [5.41, 5.74) is 0.331. The van der Waals surface area contributed by atoms with E-state index in [4.69, 9.17) is 0 Å². The maximum atomic E-state index is 13.0. The lowest BCUT2D eigenvalue weighted by molar-refractivity contribution is -0.143. The van der Waals surface area contributed by atoms with Gasteiger partial charge in [-0.3, -0.25) is 14.7 Å². The molecule has 0 unspecified atom stereocenters. The summed E-state index contributed by atoms with van der Waals surface area (Å²) in [5, 5.41) is 19.0. The fourth-order valence-corrected chi connectivity index (χ4v) is 3.83. The van der Waals surface area contributed by atoms with Crippen molar-refractivity contribution in [2.24, 2.45) is 11.3 Å². The second-order valence-electron chi connectivity index (χ2n) is 7.24. The van der Waals surface area contributed by atoms with E-state index < -0.39 is 5.41 Å². The van der Waals surface area contributed by atoms with Gasteiger partial charge in [0.25, 0.3) is 0 Å². The molecule has 0 radical (unpaired) electrons. The quantitative estimate of drug-likeness (QED) is 0.895. The average Bonchev–Trinajstić information content (AvgIpc) is 2.69. The summed E-state index contributed by atoms with van der Waals surface area (Å²) < 4.78 is 0. The first-order chi connectivity index (χ1) is 12.2. The summed E-state index contributed by atoms with van der Waals surface area (Å²) >= 11 is 0. The Kier molecular flexibility index (Phi) is 5.67. The minimum absolute atomic E-state index is 0.00468. The van der Waals surface area contributed by atoms with Crippen LogP contribution < -0.4 is 0 Å². The fourth-order valence-electron chi connectivity index (χ4n) is 3.83. The summed E-state index contributed by atoms with van der Waals surface area (Å²) in [4.78, 5) is 21.2. The van der Waals surface area contributed by atoms with E-state index in [1.165, 1.54) is 5.56 Å². The fraction of sp³-hybridized carbons (Fsp3) is 0.632. The largest absolute Gasteiger partial charge is 0.396 e. The molecular formula is C19H26N4O2. The molecule has 6 heteroatoms. The highest BCUT2D eigenvalue weighted by molar-refractivity contribution is 5.85. The second kappa shape index (κ2) is 7.94. The number of hydrogen-bond donors (Lipinski definition) is 1. The van der Waals surface area contributed by atoms with Crippen molar-refractivity contribution >= 4 is 5.91 Å². The van der Waals surface area contributed by atoms with Gasteiger partial charge in [0.2, 0.25) is 5.91 Å². The smallest absolute Gasteiger partial charge is 0.243 e. The molecule has 6 nitrogen and oxygen atoms in total. The van der Waals surface area contributed by atoms with Crippen molar-refractivity contribution in [2.45, 2.75) is 32.2 Å². The van der Waals surface area contributed by atoms with Crippen LogP contribution in [0.1, 0.15) is 31.2 Å². The van der Waals surface area contributed by atoms with E-state index in [0.29, 0.717) is 31.8 Å². The van der Waals surface area contributed by atoms with E-state index in [-0.39, 0.29) is 12.5 Å². The Morgan fingerprint density at radius 1 is 1.24 bits per heavy atom. The van der Waals surface area contributed by atoms with Gasteiger partial charge in [-0.15, -0.1) is 0 Å². The summed E-state index contributed by atoms with van der Waals surface area (Å²) in [6, 6.07) is 6.35. The van der Waals surface area contributed by atoms with Gasteiger partial charge in [0.05, 0.1) is 6.07 Å². The lowest BCUT2D eigenvalue weighted by atomic mass is 9.77. The van der Waals surface area contributed by atoms with Crippen molar-refractivity contribution < 1.29 is 9.90 Å². The number of aliphatic hydroxyl groups excluding tert-OH is 1. The summed E-state index contributed by atoms with van der Waals surface area (Å²) in [7, 11) is 0. The van der Waals surface area contributed by atoms with Crippen LogP contribution in [0.5, 0.6) is 0 Å². The van der Waals surface area contributed by atoms with Crippen molar-refractivity contribution in [3.05, 3.63) is 30.1 Å². The van der Waals surface area contributed by atoms with E-state index in [1.807, 2.05) is 17.0 Å². The minimum atomic E-state index is -0.874. The third-order valence-electron chi connectivity index (χ3n) is 5.65. The lowest BCUT2D eigenvalue weighted by Gasteiger charge is -2.41. The Morgan fingerprint density at radius 2 is 1.88 bits per heavy atom. The number of pyridine rings is 1. The number of aromatic nitrogens is 1. The van der Waals surface area contributed by atoms with Crippen molar-refractivity contribution in [3.63, 3.8) is 0 Å². The van der Waals surface area contributed by atoms with Crippen molar-refractivity contribution in [2.75, 3.05) is 32.8 Å². The summed E-state index contributed by atoms with van der Waals surface area (Å²) in [6.07, 6.45) is 6.42. The highest BCUT2D eigenvalue weighted by Gasteiger charge is 2.44. The van der Waals surface area contributed by atoms with Gasteiger partial charge in [-0.2, -0.15) is 5.26 Å². The zero-order valence-electron chi connectivity index (χ0n) is 14.6. The van der Waals surface area contributed by atoms with Crippen molar-refractivity contribution in [1.82, 2.24) is 14.8 Å². The van der Waals surface area contributed by atoms with Crippen LogP contribution in [0.25, 0.3) is 0 Å². The average molecular weight is 342 g/mol. The minimum Gasteiger partial charge on any atom is -0.396 e. The molecule has 0 atom stereocenters. The van der Waals surface area contributed by atoms with Gasteiger partial charge < -0.3 is 10.0 Å². The first-order valence-corrected chi connectivity index (χ1v) is 9.09. The van der Waals surface area contributed by atoms with E-state index in [9.17, 15) is 15.2 Å². The Morgan fingerprint density at radius 3 is 2.44 bits per heavy atom. The topological polar surface area (TPSA) is 80.5 Å². The molecule has 3 heterocycles. The molecule has 0 saturated carbocycles. The maximum Gasteiger partial charge on any atom is 0.243 e. The first kappa shape index (κ1) is 17.8. The Bertz CT molecular complexity index is 612. The molecular weight excluding hydrogens is 316 g/mol. The van der Waals surface area contributed by atoms with Crippen LogP contribution in [0, 0.1) is 22.7 Å². The van der Waals surface area contributed by atoms with Gasteiger partial charge >= 0.3 is 0 Å². The lowest BCUT2D eigenvalue weighted by Crippen LogP contribution is -2.51. The number of rotatable bonds is 4. The molecule has 2 saturated heterocycles. The summed E-state index contributed by atoms with van der Waals surface area (Å²) in [6.45, 7) is 3.86. The molecule has 1 aromatic rings. The van der Waals surface area contributed by atoms with Crippen LogP contribution in [0.2, 0.25) is 0 Å². The number of piperidine rings is 2. The second-order valence-corrected chi connectivity index (χ2v) is 7.24. The Hall–Kier alpha value is -1.97. The molecule has 134 valence electrons. The monoisotopic (exact) mass is 342 g/mol. The normalized spacial score (nSPS) is 21.7. The standard InChI is InChI=1S/C19H26N4O2/c20-15-19(18(25)23-9-3-17(14-24)4-10-23)5-11-22(12-6-19)13-16-1-7-21-8-2-16/h1-2,7-8,17,24H,3-6,9-14H2. The maximum absolute atomic E-state index is 13.0. The number of hydrogen-bond acceptors (Lipinski definition) is 5. The molecule has 0 spiro atoms. The zero-order chi connectivity index (χ0) is 17.7. The molecule has 1 amide bonds. The summed E-state index contributed by atoms with van der Waals surface area (Å²) in [5.74, 6) is 0.291. The van der Waals surface area contributed by atoms with Gasteiger partial charge in [0.15, 0.2) is 0 Å². The number of nitriles is 1. The predicted octanol–water partition coefficient (Wildman–Crippen LogP) is 1.42. The van der Waals surface area contributed by atoms with Crippen LogP contribution in [-0.4, -0.2) is 58.6 Å². The van der Waals surface area contributed by atoms with Crippen LogP contribution in [0.15, 0.2) is 24.5 Å². The number of likely N-dealkylation sites (tertiary alicyclic amines) is 2. The molecule has 1 aromatic heterocycles. The first-order valence-electron chi connectivity index (χ1n) is 9.09. The van der Waals surface area contributed by atoms with Gasteiger partial charge in [0, 0.05) is 51.7 Å².